The summed E-state index contributed by atoms with van der Waals surface area (Å²) in [6.45, 7) is 5.58. The Hall–Kier alpha value is -1.10. The molecule has 0 bridgehead atoms. The van der Waals surface area contributed by atoms with Gasteiger partial charge in [-0.2, -0.15) is 0 Å². The van der Waals surface area contributed by atoms with Crippen LogP contribution in [0.2, 0.25) is 0 Å². The van der Waals surface area contributed by atoms with Gasteiger partial charge in [-0.25, -0.2) is 0 Å². The molecule has 0 unspecified atom stereocenters. The zero-order chi connectivity index (χ0) is 11.1. The summed E-state index contributed by atoms with van der Waals surface area (Å²) in [5, 5.41) is 2.41. The molecule has 0 fully saturated rings. The first kappa shape index (κ1) is 12.9. The van der Waals surface area contributed by atoms with Crippen LogP contribution in [0.1, 0.15) is 20.8 Å². The molecule has 1 amide bonds. The Morgan fingerprint density at radius 1 is 1.43 bits per heavy atom. The van der Waals surface area contributed by atoms with E-state index in [0.29, 0.717) is 6.61 Å². The Morgan fingerprint density at radius 2 is 2.00 bits per heavy atom. The van der Waals surface area contributed by atoms with E-state index in [0.717, 1.165) is 0 Å². The third kappa shape index (κ3) is 4.81. The quantitative estimate of drug-likeness (QED) is 0.597. The summed E-state index contributed by atoms with van der Waals surface area (Å²) in [5.41, 5.74) is 5.56. The second kappa shape index (κ2) is 6.37. The summed E-state index contributed by atoms with van der Waals surface area (Å²) in [6.07, 6.45) is 0. The number of amides is 1. The van der Waals surface area contributed by atoms with E-state index in [2.05, 4.69) is 10.1 Å². The van der Waals surface area contributed by atoms with Crippen molar-refractivity contribution in [1.82, 2.24) is 5.32 Å². The van der Waals surface area contributed by atoms with Crippen molar-refractivity contribution in [3.8, 4) is 0 Å². The number of esters is 1. The first-order valence-electron chi connectivity index (χ1n) is 4.68. The van der Waals surface area contributed by atoms with Crippen LogP contribution >= 0.6 is 0 Å². The molecule has 0 saturated carbocycles. The Bertz CT molecular complexity index is 204. The lowest BCUT2D eigenvalue weighted by Crippen LogP contribution is -2.45. The van der Waals surface area contributed by atoms with Gasteiger partial charge in [0.25, 0.3) is 0 Å². The largest absolute Gasteiger partial charge is 0.465 e. The van der Waals surface area contributed by atoms with Crippen LogP contribution in [0.4, 0.5) is 0 Å². The number of hydrogen-bond acceptors (Lipinski definition) is 4. The maximum Gasteiger partial charge on any atom is 0.325 e. The van der Waals surface area contributed by atoms with Gasteiger partial charge < -0.3 is 15.8 Å². The van der Waals surface area contributed by atoms with Gasteiger partial charge in [-0.05, 0) is 12.8 Å². The molecule has 0 aliphatic rings. The van der Waals surface area contributed by atoms with Crippen LogP contribution in [-0.2, 0) is 14.3 Å². The fourth-order valence-corrected chi connectivity index (χ4v) is 0.792. The summed E-state index contributed by atoms with van der Waals surface area (Å²) in [6, 6.07) is -0.579. The van der Waals surface area contributed by atoms with Crippen LogP contribution in [0.5, 0.6) is 0 Å². The van der Waals surface area contributed by atoms with Gasteiger partial charge in [0.1, 0.15) is 6.54 Å². The summed E-state index contributed by atoms with van der Waals surface area (Å²) in [7, 11) is 0. The highest BCUT2D eigenvalue weighted by Crippen LogP contribution is 1.97. The van der Waals surface area contributed by atoms with Crippen molar-refractivity contribution in [1.29, 1.82) is 0 Å². The van der Waals surface area contributed by atoms with Crippen molar-refractivity contribution in [2.24, 2.45) is 11.7 Å². The SMILES string of the molecule is CCOC(=O)CNC(=O)[C@H](N)C(C)C. The third-order valence-corrected chi connectivity index (χ3v) is 1.73. The predicted molar refractivity (Wildman–Crippen MR) is 52.5 cm³/mol. The fraction of sp³-hybridized carbons (Fsp3) is 0.778. The van der Waals surface area contributed by atoms with Gasteiger partial charge in [-0.15, -0.1) is 0 Å². The van der Waals surface area contributed by atoms with Crippen molar-refractivity contribution in [3.05, 3.63) is 0 Å². The molecule has 1 atom stereocenters. The van der Waals surface area contributed by atoms with Crippen molar-refractivity contribution < 1.29 is 14.3 Å². The molecule has 0 aromatic carbocycles. The smallest absolute Gasteiger partial charge is 0.325 e. The minimum atomic E-state index is -0.579. The van der Waals surface area contributed by atoms with E-state index in [1.165, 1.54) is 0 Å². The molecule has 0 aliphatic heterocycles. The normalized spacial score (nSPS) is 12.4. The maximum atomic E-state index is 11.2. The number of rotatable bonds is 5. The fourth-order valence-electron chi connectivity index (χ4n) is 0.792. The van der Waals surface area contributed by atoms with Gasteiger partial charge in [-0.1, -0.05) is 13.8 Å². The van der Waals surface area contributed by atoms with Crippen molar-refractivity contribution in [2.75, 3.05) is 13.2 Å². The standard InChI is InChI=1S/C9H18N2O3/c1-4-14-7(12)5-11-9(13)8(10)6(2)3/h6,8H,4-5,10H2,1-3H3,(H,11,13)/t8-/m1/s1. The molecule has 0 aromatic rings. The highest BCUT2D eigenvalue weighted by atomic mass is 16.5. The second-order valence-electron chi connectivity index (χ2n) is 3.29. The van der Waals surface area contributed by atoms with Gasteiger partial charge in [0, 0.05) is 0 Å². The number of hydrogen-bond donors (Lipinski definition) is 2. The average molecular weight is 202 g/mol. The van der Waals surface area contributed by atoms with E-state index >= 15 is 0 Å². The van der Waals surface area contributed by atoms with Crippen LogP contribution < -0.4 is 11.1 Å². The summed E-state index contributed by atoms with van der Waals surface area (Å²) in [4.78, 5) is 22.1. The number of nitrogens with two attached hydrogens (primary N) is 1. The molecule has 0 heterocycles. The van der Waals surface area contributed by atoms with Gasteiger partial charge >= 0.3 is 5.97 Å². The van der Waals surface area contributed by atoms with Crippen LogP contribution in [0.25, 0.3) is 0 Å². The molecule has 0 radical (unpaired) electrons. The highest BCUT2D eigenvalue weighted by molar-refractivity contribution is 5.85. The second-order valence-corrected chi connectivity index (χ2v) is 3.29. The number of carbonyl (C=O) groups is 2. The number of ether oxygens (including phenoxy) is 1. The Labute approximate surface area is 84.0 Å². The maximum absolute atomic E-state index is 11.2. The molecule has 0 saturated heterocycles. The average Bonchev–Trinajstić information content (AvgIpc) is 2.13. The molecule has 5 nitrogen and oxygen atoms in total. The van der Waals surface area contributed by atoms with Crippen LogP contribution in [-0.4, -0.2) is 31.1 Å². The summed E-state index contributed by atoms with van der Waals surface area (Å²) < 4.78 is 4.64. The van der Waals surface area contributed by atoms with Crippen molar-refractivity contribution >= 4 is 11.9 Å². The molecule has 0 aliphatic carbocycles. The molecular weight excluding hydrogens is 184 g/mol. The molecule has 3 N–H and O–H groups in total. The zero-order valence-corrected chi connectivity index (χ0v) is 8.87. The predicted octanol–water partition coefficient (Wildman–Crippen LogP) is -0.351. The Morgan fingerprint density at radius 3 is 2.43 bits per heavy atom. The van der Waals surface area contributed by atoms with E-state index < -0.39 is 12.0 Å². The monoisotopic (exact) mass is 202 g/mol. The van der Waals surface area contributed by atoms with E-state index in [1.54, 1.807) is 6.92 Å². The Kier molecular flexibility index (Phi) is 5.87. The lowest BCUT2D eigenvalue weighted by atomic mass is 10.1. The molecule has 14 heavy (non-hydrogen) atoms. The lowest BCUT2D eigenvalue weighted by Gasteiger charge is -2.14. The van der Waals surface area contributed by atoms with E-state index in [4.69, 9.17) is 5.73 Å². The summed E-state index contributed by atoms with van der Waals surface area (Å²) in [5.74, 6) is -0.720. The van der Waals surface area contributed by atoms with Gasteiger partial charge in [0.2, 0.25) is 5.91 Å². The first-order chi connectivity index (χ1) is 6.49. The third-order valence-electron chi connectivity index (χ3n) is 1.73. The molecule has 82 valence electrons. The van der Waals surface area contributed by atoms with E-state index in [9.17, 15) is 9.59 Å². The minimum Gasteiger partial charge on any atom is -0.465 e. The van der Waals surface area contributed by atoms with Gasteiger partial charge in [0.05, 0.1) is 12.6 Å². The molecule has 0 rings (SSSR count). The van der Waals surface area contributed by atoms with Crippen LogP contribution in [0, 0.1) is 5.92 Å². The van der Waals surface area contributed by atoms with Crippen LogP contribution in [0.15, 0.2) is 0 Å². The van der Waals surface area contributed by atoms with Crippen LogP contribution in [0.3, 0.4) is 0 Å². The molecular formula is C9H18N2O3. The van der Waals surface area contributed by atoms with Gasteiger partial charge in [0.15, 0.2) is 0 Å². The van der Waals surface area contributed by atoms with Crippen molar-refractivity contribution in [2.45, 2.75) is 26.8 Å². The first-order valence-corrected chi connectivity index (χ1v) is 4.68. The molecule has 5 heteroatoms. The molecule has 0 aromatic heterocycles. The number of nitrogens with one attached hydrogen (secondary N) is 1. The number of carbonyl (C=O) groups excluding carboxylic acids is 2. The zero-order valence-electron chi connectivity index (χ0n) is 8.87. The van der Waals surface area contributed by atoms with Crippen molar-refractivity contribution in [3.63, 3.8) is 0 Å². The minimum absolute atomic E-state index is 0.0530. The molecule has 0 spiro atoms. The van der Waals surface area contributed by atoms with E-state index in [1.807, 2.05) is 13.8 Å². The summed E-state index contributed by atoms with van der Waals surface area (Å²) >= 11 is 0. The lowest BCUT2D eigenvalue weighted by molar-refractivity contribution is -0.143. The Balaban J connectivity index is 3.79. The highest BCUT2D eigenvalue weighted by Gasteiger charge is 2.17. The van der Waals surface area contributed by atoms with E-state index in [-0.39, 0.29) is 18.4 Å². The van der Waals surface area contributed by atoms with Gasteiger partial charge in [-0.3, -0.25) is 9.59 Å². The topological polar surface area (TPSA) is 81.4 Å².